The van der Waals surface area contributed by atoms with E-state index in [-0.39, 0.29) is 17.2 Å². The van der Waals surface area contributed by atoms with Crippen molar-refractivity contribution in [3.8, 4) is 5.75 Å². The van der Waals surface area contributed by atoms with Crippen LogP contribution in [0.25, 0.3) is 0 Å². The molecule has 1 aromatic rings. The number of carbonyl (C=O) groups excluding carboxylic acids is 1. The molecule has 1 aliphatic rings. The first kappa shape index (κ1) is 18.2. The molecule has 132 valence electrons. The number of aliphatic carboxylic acids is 1. The first-order valence-corrected chi connectivity index (χ1v) is 8.13. The van der Waals surface area contributed by atoms with E-state index in [2.05, 4.69) is 0 Å². The van der Waals surface area contributed by atoms with Crippen molar-refractivity contribution in [1.29, 1.82) is 0 Å². The van der Waals surface area contributed by atoms with E-state index in [1.54, 1.807) is 6.07 Å². The second-order valence-corrected chi connectivity index (χ2v) is 7.24. The van der Waals surface area contributed by atoms with Crippen LogP contribution in [0, 0.1) is 11.7 Å². The van der Waals surface area contributed by atoms with E-state index < -0.39 is 11.9 Å². The minimum Gasteiger partial charge on any atom is -0.493 e. The molecule has 0 aliphatic carbocycles. The summed E-state index contributed by atoms with van der Waals surface area (Å²) in [5, 5.41) is 8.73. The molecule has 0 saturated carbocycles. The predicted octanol–water partition coefficient (Wildman–Crippen LogP) is 2.83. The number of rotatable bonds is 3. The fourth-order valence-electron chi connectivity index (χ4n) is 2.86. The largest absolute Gasteiger partial charge is 0.493 e. The third kappa shape index (κ3) is 4.46. The summed E-state index contributed by atoms with van der Waals surface area (Å²) in [5.74, 6) is -1.62. The molecule has 5 nitrogen and oxygen atoms in total. The number of carbonyl (C=O) groups is 2. The molecule has 2 rings (SSSR count). The van der Waals surface area contributed by atoms with Gasteiger partial charge in [0.1, 0.15) is 11.6 Å². The highest BCUT2D eigenvalue weighted by atomic mass is 19.1. The van der Waals surface area contributed by atoms with Crippen LogP contribution in [0.4, 0.5) is 4.39 Å². The lowest BCUT2D eigenvalue weighted by molar-refractivity contribution is -0.156. The molecule has 0 unspecified atom stereocenters. The zero-order valence-corrected chi connectivity index (χ0v) is 14.3. The molecule has 0 aromatic heterocycles. The van der Waals surface area contributed by atoms with E-state index in [0.29, 0.717) is 38.3 Å². The van der Waals surface area contributed by atoms with Crippen molar-refractivity contribution in [3.63, 3.8) is 0 Å². The van der Waals surface area contributed by atoms with Gasteiger partial charge in [-0.25, -0.2) is 9.18 Å². The molecule has 1 amide bonds. The molecular weight excluding hydrogens is 313 g/mol. The second kappa shape index (κ2) is 7.20. The zero-order valence-electron chi connectivity index (χ0n) is 14.3. The van der Waals surface area contributed by atoms with Crippen molar-refractivity contribution in [2.45, 2.75) is 39.0 Å². The Morgan fingerprint density at radius 1 is 1.29 bits per heavy atom. The van der Waals surface area contributed by atoms with Crippen LogP contribution in [0.15, 0.2) is 18.2 Å². The number of ether oxygens (including phenoxy) is 1. The lowest BCUT2D eigenvalue weighted by Crippen LogP contribution is -2.42. The molecule has 0 spiro atoms. The Morgan fingerprint density at radius 2 is 1.92 bits per heavy atom. The van der Waals surface area contributed by atoms with Crippen LogP contribution in [-0.4, -0.2) is 41.6 Å². The number of halogens is 1. The molecule has 1 N–H and O–H groups in total. The molecule has 0 radical (unpaired) electrons. The summed E-state index contributed by atoms with van der Waals surface area (Å²) in [6.07, 6.45) is 1.40. The van der Waals surface area contributed by atoms with Crippen LogP contribution in [0.5, 0.6) is 5.75 Å². The lowest BCUT2D eigenvalue weighted by atomic mass is 9.86. The number of hydrogen-bond donors (Lipinski definition) is 1. The summed E-state index contributed by atoms with van der Waals surface area (Å²) in [5.41, 5.74) is 0.593. The molecule has 1 heterocycles. The Labute approximate surface area is 141 Å². The monoisotopic (exact) mass is 337 g/mol. The van der Waals surface area contributed by atoms with Crippen LogP contribution in [0.3, 0.4) is 0 Å². The first-order valence-electron chi connectivity index (χ1n) is 8.13. The number of piperidine rings is 1. The summed E-state index contributed by atoms with van der Waals surface area (Å²) < 4.78 is 19.4. The van der Waals surface area contributed by atoms with E-state index in [1.807, 2.05) is 20.8 Å². The molecule has 1 aromatic carbocycles. The highest BCUT2D eigenvalue weighted by molar-refractivity contribution is 6.31. The van der Waals surface area contributed by atoms with E-state index in [4.69, 9.17) is 9.84 Å². The number of nitrogens with zero attached hydrogens (tertiary/aromatic N) is 1. The highest BCUT2D eigenvalue weighted by Crippen LogP contribution is 2.32. The number of amides is 1. The Kier molecular flexibility index (Phi) is 5.47. The Bertz CT molecular complexity index is 616. The summed E-state index contributed by atoms with van der Waals surface area (Å²) in [7, 11) is 0. The average Bonchev–Trinajstić information content (AvgIpc) is 2.52. The van der Waals surface area contributed by atoms with Crippen LogP contribution < -0.4 is 4.74 Å². The van der Waals surface area contributed by atoms with E-state index in [0.717, 1.165) is 5.56 Å². The van der Waals surface area contributed by atoms with Gasteiger partial charge in [-0.2, -0.15) is 0 Å². The van der Waals surface area contributed by atoms with Crippen molar-refractivity contribution < 1.29 is 23.8 Å². The maximum atomic E-state index is 13.5. The average molecular weight is 337 g/mol. The SMILES string of the molecule is CC(C)(C)c1cc(F)ccc1OCC1CCN(C(=O)C(=O)O)CC1. The summed E-state index contributed by atoms with van der Waals surface area (Å²) >= 11 is 0. The Hall–Kier alpha value is -2.11. The molecule has 0 bridgehead atoms. The maximum absolute atomic E-state index is 13.5. The zero-order chi connectivity index (χ0) is 17.9. The Balaban J connectivity index is 1.94. The minimum absolute atomic E-state index is 0.227. The van der Waals surface area contributed by atoms with Crippen molar-refractivity contribution in [3.05, 3.63) is 29.6 Å². The van der Waals surface area contributed by atoms with Crippen molar-refractivity contribution in [2.24, 2.45) is 5.92 Å². The second-order valence-electron chi connectivity index (χ2n) is 7.24. The molecule has 1 aliphatic heterocycles. The minimum atomic E-state index is -1.41. The summed E-state index contributed by atoms with van der Waals surface area (Å²) in [6.45, 7) is 7.34. The Morgan fingerprint density at radius 3 is 2.46 bits per heavy atom. The van der Waals surface area contributed by atoms with Gasteiger partial charge in [0.25, 0.3) is 0 Å². The molecule has 1 saturated heterocycles. The van der Waals surface area contributed by atoms with E-state index >= 15 is 0 Å². The smallest absolute Gasteiger partial charge is 0.394 e. The number of benzene rings is 1. The number of hydrogen-bond acceptors (Lipinski definition) is 3. The molecule has 1 fully saturated rings. The first-order chi connectivity index (χ1) is 11.2. The van der Waals surface area contributed by atoms with Crippen LogP contribution >= 0.6 is 0 Å². The molecule has 24 heavy (non-hydrogen) atoms. The third-order valence-electron chi connectivity index (χ3n) is 4.31. The van der Waals surface area contributed by atoms with Gasteiger partial charge in [0.2, 0.25) is 0 Å². The van der Waals surface area contributed by atoms with Gasteiger partial charge in [0.15, 0.2) is 0 Å². The molecule has 0 atom stereocenters. The van der Waals surface area contributed by atoms with Gasteiger partial charge in [-0.05, 0) is 42.4 Å². The molecule has 6 heteroatoms. The topological polar surface area (TPSA) is 66.8 Å². The van der Waals surface area contributed by atoms with Gasteiger partial charge in [0, 0.05) is 18.7 Å². The fourth-order valence-corrected chi connectivity index (χ4v) is 2.86. The normalized spacial score (nSPS) is 16.1. The van der Waals surface area contributed by atoms with E-state index in [1.165, 1.54) is 17.0 Å². The fraction of sp³-hybridized carbons (Fsp3) is 0.556. The molecular formula is C18H24FNO4. The predicted molar refractivity (Wildman–Crippen MR) is 87.5 cm³/mol. The number of likely N-dealkylation sites (tertiary alicyclic amines) is 1. The van der Waals surface area contributed by atoms with Gasteiger partial charge in [-0.1, -0.05) is 20.8 Å². The maximum Gasteiger partial charge on any atom is 0.394 e. The number of carboxylic acids is 1. The van der Waals surface area contributed by atoms with Gasteiger partial charge in [0.05, 0.1) is 6.61 Å². The quantitative estimate of drug-likeness (QED) is 0.861. The van der Waals surface area contributed by atoms with Crippen LogP contribution in [0.2, 0.25) is 0 Å². The standard InChI is InChI=1S/C18H24FNO4/c1-18(2,3)14-10-13(19)4-5-15(14)24-11-12-6-8-20(9-7-12)16(21)17(22)23/h4-5,10,12H,6-9,11H2,1-3H3,(H,22,23). The summed E-state index contributed by atoms with van der Waals surface area (Å²) in [6, 6.07) is 4.54. The van der Waals surface area contributed by atoms with Crippen molar-refractivity contribution in [1.82, 2.24) is 4.90 Å². The lowest BCUT2D eigenvalue weighted by Gasteiger charge is -2.31. The number of carboxylic acid groups (broad SMARTS) is 1. The van der Waals surface area contributed by atoms with Crippen LogP contribution in [-0.2, 0) is 15.0 Å². The summed E-state index contributed by atoms with van der Waals surface area (Å²) in [4.78, 5) is 23.5. The third-order valence-corrected chi connectivity index (χ3v) is 4.31. The van der Waals surface area contributed by atoms with Crippen LogP contribution in [0.1, 0.15) is 39.2 Å². The van der Waals surface area contributed by atoms with E-state index in [9.17, 15) is 14.0 Å². The van der Waals surface area contributed by atoms with Gasteiger partial charge in [-0.15, -0.1) is 0 Å². The van der Waals surface area contributed by atoms with Gasteiger partial charge >= 0.3 is 11.9 Å². The van der Waals surface area contributed by atoms with Crippen molar-refractivity contribution >= 4 is 11.9 Å². The highest BCUT2D eigenvalue weighted by Gasteiger charge is 2.27. The van der Waals surface area contributed by atoms with Gasteiger partial charge in [-0.3, -0.25) is 4.79 Å². The van der Waals surface area contributed by atoms with Crippen molar-refractivity contribution in [2.75, 3.05) is 19.7 Å². The van der Waals surface area contributed by atoms with Gasteiger partial charge < -0.3 is 14.7 Å².